The Kier molecular flexibility index (Phi) is 5.37. The number of anilines is 1. The summed E-state index contributed by atoms with van der Waals surface area (Å²) in [6.07, 6.45) is 4.91. The van der Waals surface area contributed by atoms with Gasteiger partial charge in [-0.3, -0.25) is 19.3 Å². The molecule has 1 aromatic heterocycles. The van der Waals surface area contributed by atoms with Crippen molar-refractivity contribution in [2.24, 2.45) is 0 Å². The lowest BCUT2D eigenvalue weighted by Gasteiger charge is -2.29. The molecule has 0 spiro atoms. The summed E-state index contributed by atoms with van der Waals surface area (Å²) in [5.41, 5.74) is 1.77. The fourth-order valence-electron chi connectivity index (χ4n) is 4.17. The number of imide groups is 1. The zero-order valence-corrected chi connectivity index (χ0v) is 17.6. The molecule has 0 bridgehead atoms. The van der Waals surface area contributed by atoms with Crippen molar-refractivity contribution < 1.29 is 14.4 Å². The van der Waals surface area contributed by atoms with Crippen LogP contribution in [-0.4, -0.2) is 38.6 Å². The van der Waals surface area contributed by atoms with Gasteiger partial charge in [0.2, 0.25) is 0 Å². The van der Waals surface area contributed by atoms with Crippen LogP contribution in [0.25, 0.3) is 0 Å². The van der Waals surface area contributed by atoms with Crippen molar-refractivity contribution in [2.45, 2.75) is 64.8 Å². The van der Waals surface area contributed by atoms with E-state index in [4.69, 9.17) is 0 Å². The largest absolute Gasteiger partial charge is 0.306 e. The summed E-state index contributed by atoms with van der Waals surface area (Å²) >= 11 is 0. The average molecular weight is 406 g/mol. The Hall–Kier alpha value is -3.09. The monoisotopic (exact) mass is 406 g/mol. The van der Waals surface area contributed by atoms with Gasteiger partial charge in [-0.05, 0) is 38.0 Å². The molecule has 4 rings (SSSR count). The molecule has 0 saturated heterocycles. The number of fused-ring (bicyclic) bond motifs is 1. The molecule has 0 radical (unpaired) electrons. The molecule has 30 heavy (non-hydrogen) atoms. The topological polar surface area (TPSA) is 92.3 Å². The number of aromatic nitrogens is 2. The molecule has 2 aromatic rings. The van der Waals surface area contributed by atoms with E-state index in [0.717, 1.165) is 37.8 Å². The molecule has 1 aliphatic carbocycles. The predicted octanol–water partition coefficient (Wildman–Crippen LogP) is 4.09. The highest BCUT2D eigenvalue weighted by Gasteiger charge is 2.40. The van der Waals surface area contributed by atoms with Gasteiger partial charge in [-0.1, -0.05) is 33.1 Å². The molecule has 1 fully saturated rings. The quantitative estimate of drug-likeness (QED) is 0.772. The van der Waals surface area contributed by atoms with Crippen LogP contribution in [0.2, 0.25) is 0 Å². The highest BCUT2D eigenvalue weighted by Crippen LogP contribution is 2.31. The van der Waals surface area contributed by atoms with E-state index in [1.54, 1.807) is 18.2 Å². The average Bonchev–Trinajstić information content (AvgIpc) is 2.98. The van der Waals surface area contributed by atoms with Gasteiger partial charge in [0.05, 0.1) is 11.1 Å². The summed E-state index contributed by atoms with van der Waals surface area (Å²) in [4.78, 5) is 48.7. The third kappa shape index (κ3) is 3.72. The van der Waals surface area contributed by atoms with Gasteiger partial charge in [-0.25, -0.2) is 9.97 Å². The van der Waals surface area contributed by atoms with Crippen LogP contribution in [0.4, 0.5) is 5.82 Å². The molecule has 156 valence electrons. The van der Waals surface area contributed by atoms with Gasteiger partial charge in [0.1, 0.15) is 11.6 Å². The van der Waals surface area contributed by atoms with Gasteiger partial charge < -0.3 is 5.32 Å². The molecule has 1 saturated carbocycles. The molecule has 2 heterocycles. The van der Waals surface area contributed by atoms with Crippen LogP contribution in [0.15, 0.2) is 24.3 Å². The van der Waals surface area contributed by atoms with E-state index in [-0.39, 0.29) is 29.7 Å². The van der Waals surface area contributed by atoms with Crippen LogP contribution < -0.4 is 5.32 Å². The van der Waals surface area contributed by atoms with E-state index in [1.807, 2.05) is 20.8 Å². The van der Waals surface area contributed by atoms with E-state index in [2.05, 4.69) is 15.3 Å². The smallest absolute Gasteiger partial charge is 0.261 e. The fraction of sp³-hybridized carbons (Fsp3) is 0.435. The van der Waals surface area contributed by atoms with E-state index in [1.165, 1.54) is 11.0 Å². The highest BCUT2D eigenvalue weighted by molar-refractivity contribution is 6.22. The number of aryl methyl sites for hydroxylation is 1. The van der Waals surface area contributed by atoms with Crippen LogP contribution in [0.1, 0.15) is 94.5 Å². The SMILES string of the molecule is Cc1cc(NC(=O)c2ccc3c(c2)C(=O)N(C2CCCCC2)C3=O)nc(C(C)C)n1. The first-order valence-corrected chi connectivity index (χ1v) is 10.5. The van der Waals surface area contributed by atoms with E-state index >= 15 is 0 Å². The maximum Gasteiger partial charge on any atom is 0.261 e. The van der Waals surface area contributed by atoms with Crippen LogP contribution in [0.3, 0.4) is 0 Å². The minimum Gasteiger partial charge on any atom is -0.306 e. The number of nitrogens with zero attached hydrogens (tertiary/aromatic N) is 3. The Morgan fingerprint density at radius 3 is 2.43 bits per heavy atom. The maximum atomic E-state index is 13.0. The normalized spacial score (nSPS) is 16.9. The molecule has 0 unspecified atom stereocenters. The number of rotatable bonds is 4. The van der Waals surface area contributed by atoms with E-state index in [0.29, 0.717) is 28.3 Å². The van der Waals surface area contributed by atoms with Crippen molar-refractivity contribution >= 4 is 23.5 Å². The molecule has 1 N–H and O–H groups in total. The molecule has 7 nitrogen and oxygen atoms in total. The summed E-state index contributed by atoms with van der Waals surface area (Å²) < 4.78 is 0. The maximum absolute atomic E-state index is 13.0. The van der Waals surface area contributed by atoms with Gasteiger partial charge in [-0.15, -0.1) is 0 Å². The van der Waals surface area contributed by atoms with Crippen LogP contribution >= 0.6 is 0 Å². The van der Waals surface area contributed by atoms with Crippen molar-refractivity contribution in [3.8, 4) is 0 Å². The molecule has 2 aliphatic rings. The molecular formula is C23H26N4O3. The van der Waals surface area contributed by atoms with Crippen LogP contribution in [-0.2, 0) is 0 Å². The summed E-state index contributed by atoms with van der Waals surface area (Å²) in [6, 6.07) is 6.35. The second-order valence-electron chi connectivity index (χ2n) is 8.39. The lowest BCUT2D eigenvalue weighted by atomic mass is 9.94. The molecular weight excluding hydrogens is 380 g/mol. The van der Waals surface area contributed by atoms with E-state index in [9.17, 15) is 14.4 Å². The standard InChI is InChI=1S/C23H26N4O3/c1-13(2)20-24-14(3)11-19(25-20)26-21(28)15-9-10-17-18(12-15)23(30)27(22(17)29)16-7-5-4-6-8-16/h9-13,16H,4-8H2,1-3H3,(H,24,25,26,28). The third-order valence-electron chi connectivity index (χ3n) is 5.75. The van der Waals surface area contributed by atoms with Gasteiger partial charge in [0.15, 0.2) is 0 Å². The summed E-state index contributed by atoms with van der Waals surface area (Å²) in [5.74, 6) is 0.293. The van der Waals surface area contributed by atoms with Crippen LogP contribution in [0.5, 0.6) is 0 Å². The summed E-state index contributed by atoms with van der Waals surface area (Å²) in [7, 11) is 0. The third-order valence-corrected chi connectivity index (χ3v) is 5.75. The summed E-state index contributed by atoms with van der Waals surface area (Å²) in [6.45, 7) is 5.83. The Morgan fingerprint density at radius 1 is 1.03 bits per heavy atom. The Labute approximate surface area is 175 Å². The molecule has 7 heteroatoms. The first-order valence-electron chi connectivity index (χ1n) is 10.5. The molecule has 0 atom stereocenters. The Bertz CT molecular complexity index is 1030. The van der Waals surface area contributed by atoms with Crippen molar-refractivity contribution in [3.63, 3.8) is 0 Å². The number of amides is 3. The number of hydrogen-bond donors (Lipinski definition) is 1. The number of benzene rings is 1. The predicted molar refractivity (Wildman–Crippen MR) is 113 cm³/mol. The van der Waals surface area contributed by atoms with Gasteiger partial charge in [-0.2, -0.15) is 0 Å². The number of nitrogens with one attached hydrogen (secondary N) is 1. The zero-order chi connectivity index (χ0) is 21.4. The minimum atomic E-state index is -0.373. The first-order chi connectivity index (χ1) is 14.3. The van der Waals surface area contributed by atoms with Gasteiger partial charge >= 0.3 is 0 Å². The lowest BCUT2D eigenvalue weighted by molar-refractivity contribution is 0.0549. The number of carbonyl (C=O) groups excluding carboxylic acids is 3. The van der Waals surface area contributed by atoms with Crippen molar-refractivity contribution in [1.29, 1.82) is 0 Å². The first kappa shape index (κ1) is 20.2. The highest BCUT2D eigenvalue weighted by atomic mass is 16.2. The van der Waals surface area contributed by atoms with Gasteiger partial charge in [0.25, 0.3) is 17.7 Å². The lowest BCUT2D eigenvalue weighted by Crippen LogP contribution is -2.40. The fourth-order valence-corrected chi connectivity index (χ4v) is 4.17. The zero-order valence-electron chi connectivity index (χ0n) is 17.6. The van der Waals surface area contributed by atoms with Crippen molar-refractivity contribution in [2.75, 3.05) is 5.32 Å². The number of hydrogen-bond acceptors (Lipinski definition) is 5. The minimum absolute atomic E-state index is 0.0399. The number of carbonyl (C=O) groups is 3. The van der Waals surface area contributed by atoms with Crippen molar-refractivity contribution in [3.05, 3.63) is 52.5 Å². The Morgan fingerprint density at radius 2 is 1.73 bits per heavy atom. The molecule has 1 aliphatic heterocycles. The second-order valence-corrected chi connectivity index (χ2v) is 8.39. The van der Waals surface area contributed by atoms with Crippen LogP contribution in [0, 0.1) is 6.92 Å². The second kappa shape index (κ2) is 7.97. The van der Waals surface area contributed by atoms with E-state index < -0.39 is 0 Å². The molecule has 1 aromatic carbocycles. The van der Waals surface area contributed by atoms with Gasteiger partial charge in [0, 0.05) is 29.3 Å². The molecule has 3 amide bonds. The van der Waals surface area contributed by atoms with Crippen molar-refractivity contribution in [1.82, 2.24) is 14.9 Å². The Balaban J connectivity index is 1.57. The summed E-state index contributed by atoms with van der Waals surface area (Å²) in [5, 5.41) is 2.79.